The van der Waals surface area contributed by atoms with Crippen molar-refractivity contribution in [3.8, 4) is 5.75 Å². The number of benzene rings is 1. The average molecular weight is 365 g/mol. The van der Waals surface area contributed by atoms with Crippen molar-refractivity contribution in [2.45, 2.75) is 52.4 Å². The van der Waals surface area contributed by atoms with Gasteiger partial charge in [-0.2, -0.15) is 18.2 Å². The van der Waals surface area contributed by atoms with Crippen molar-refractivity contribution in [2.24, 2.45) is 0 Å². The molecule has 0 atom stereocenters. The van der Waals surface area contributed by atoms with Crippen LogP contribution >= 0.6 is 13.6 Å². The van der Waals surface area contributed by atoms with Gasteiger partial charge in [0, 0.05) is 5.75 Å². The Balaban J connectivity index is 0.00000137. The van der Waals surface area contributed by atoms with Gasteiger partial charge in [-0.3, -0.25) is 0 Å². The third-order valence-electron chi connectivity index (χ3n) is 2.76. The number of ether oxygens (including phenoxy) is 1. The van der Waals surface area contributed by atoms with Crippen LogP contribution in [0.4, 0.5) is 0 Å². The predicted molar refractivity (Wildman–Crippen MR) is 78.2 cm³/mol. The topological polar surface area (TPSA) is 9.23 Å². The van der Waals surface area contributed by atoms with Crippen molar-refractivity contribution in [3.63, 3.8) is 0 Å². The van der Waals surface area contributed by atoms with Crippen LogP contribution in [0.5, 0.6) is 5.75 Å². The van der Waals surface area contributed by atoms with Crippen LogP contribution in [0.3, 0.4) is 0 Å². The third-order valence-corrected chi connectivity index (χ3v) is 2.76. The van der Waals surface area contributed by atoms with E-state index in [1.807, 2.05) is 12.1 Å². The molecule has 1 nitrogen and oxygen atoms in total. The molecule has 0 unspecified atom stereocenters. The molecule has 0 heterocycles. The van der Waals surface area contributed by atoms with E-state index in [0.717, 1.165) is 5.75 Å². The molecule has 0 spiro atoms. The number of hydrogen-bond donors (Lipinski definition) is 0. The van der Waals surface area contributed by atoms with E-state index in [4.69, 9.17) is 4.74 Å². The van der Waals surface area contributed by atoms with E-state index >= 15 is 0 Å². The standard InChI is InChI=1S/C15H23O.BrH.Zn/c1-14(2,3)11-9-8-10-12(13(11)16-7)15(4,5)6;;/h9-10H,1-7H3;1H;/q-1;;+2/p-1. The van der Waals surface area contributed by atoms with Crippen molar-refractivity contribution in [3.05, 3.63) is 29.3 Å². The van der Waals surface area contributed by atoms with Gasteiger partial charge in [-0.05, 0) is 0 Å². The van der Waals surface area contributed by atoms with E-state index in [0.29, 0.717) is 0 Å². The van der Waals surface area contributed by atoms with Crippen LogP contribution in [0.1, 0.15) is 52.7 Å². The van der Waals surface area contributed by atoms with E-state index in [-0.39, 0.29) is 10.8 Å². The molecule has 0 aromatic heterocycles. The molecule has 0 aliphatic carbocycles. The summed E-state index contributed by atoms with van der Waals surface area (Å²) in [4.78, 5) is 0. The molecule has 0 amide bonds. The molecular weight excluding hydrogens is 341 g/mol. The summed E-state index contributed by atoms with van der Waals surface area (Å²) < 4.78 is 5.61. The third kappa shape index (κ3) is 4.66. The molecule has 1 aromatic carbocycles. The molecule has 0 fully saturated rings. The molecule has 3 heteroatoms. The Morgan fingerprint density at radius 1 is 0.944 bits per heavy atom. The summed E-state index contributed by atoms with van der Waals surface area (Å²) in [5.41, 5.74) is 2.62. The molecule has 1 rings (SSSR count). The number of halogens is 1. The quantitative estimate of drug-likeness (QED) is 0.507. The van der Waals surface area contributed by atoms with Crippen LogP contribution < -0.4 is 4.74 Å². The van der Waals surface area contributed by atoms with Crippen LogP contribution in [0.25, 0.3) is 0 Å². The van der Waals surface area contributed by atoms with Gasteiger partial charge >= 0.3 is 30.0 Å². The van der Waals surface area contributed by atoms with Gasteiger partial charge < -0.3 is 4.74 Å². The van der Waals surface area contributed by atoms with Gasteiger partial charge in [-0.1, -0.05) is 52.4 Å². The predicted octanol–water partition coefficient (Wildman–Crippen LogP) is 4.93. The zero-order valence-corrected chi connectivity index (χ0v) is 17.2. The van der Waals surface area contributed by atoms with Gasteiger partial charge in [0.05, 0.1) is 7.11 Å². The monoisotopic (exact) mass is 362 g/mol. The van der Waals surface area contributed by atoms with Crippen molar-refractivity contribution < 1.29 is 21.1 Å². The van der Waals surface area contributed by atoms with Crippen LogP contribution in [0.15, 0.2) is 12.1 Å². The summed E-state index contributed by atoms with van der Waals surface area (Å²) in [6.45, 7) is 13.2. The zero-order chi connectivity index (χ0) is 14.6. The van der Waals surface area contributed by atoms with Crippen LogP contribution in [0.2, 0.25) is 0 Å². The summed E-state index contributed by atoms with van der Waals surface area (Å²) in [6, 6.07) is 7.31. The van der Waals surface area contributed by atoms with E-state index in [1.165, 1.54) is 27.5 Å². The van der Waals surface area contributed by atoms with E-state index in [2.05, 4.69) is 61.2 Å². The van der Waals surface area contributed by atoms with Crippen LogP contribution in [-0.2, 0) is 27.2 Å². The molecule has 0 radical (unpaired) electrons. The zero-order valence-electron chi connectivity index (χ0n) is 12.6. The first kappa shape index (κ1) is 18.1. The molecule has 0 saturated heterocycles. The fourth-order valence-corrected chi connectivity index (χ4v) is 1.82. The molecule has 1 aromatic rings. The minimum absolute atomic E-state index is 0.0864. The summed E-state index contributed by atoms with van der Waals surface area (Å²) in [7, 11) is 1.75. The molecule has 0 N–H and O–H groups in total. The van der Waals surface area contributed by atoms with Gasteiger partial charge in [-0.15, -0.1) is 11.1 Å². The second-order valence-electron chi connectivity index (χ2n) is 6.32. The number of hydrogen-bond acceptors (Lipinski definition) is 1. The van der Waals surface area contributed by atoms with Crippen molar-refractivity contribution >= 4 is 13.6 Å². The first-order valence-corrected chi connectivity index (χ1v) is 13.0. The van der Waals surface area contributed by atoms with Crippen molar-refractivity contribution in [1.29, 1.82) is 0 Å². The summed E-state index contributed by atoms with van der Waals surface area (Å²) in [6.07, 6.45) is 0. The maximum atomic E-state index is 5.61. The Labute approximate surface area is 129 Å². The van der Waals surface area contributed by atoms with E-state index in [1.54, 1.807) is 7.11 Å². The molecule has 0 aliphatic heterocycles. The minimum atomic E-state index is 0.0864. The van der Waals surface area contributed by atoms with E-state index < -0.39 is 0 Å². The molecule has 0 bridgehead atoms. The van der Waals surface area contributed by atoms with Crippen LogP contribution in [-0.4, -0.2) is 7.11 Å². The Kier molecular flexibility index (Phi) is 7.10. The normalized spacial score (nSPS) is 11.7. The second-order valence-corrected chi connectivity index (χ2v) is 6.32. The van der Waals surface area contributed by atoms with Crippen LogP contribution in [0, 0.1) is 6.07 Å². The average Bonchev–Trinajstić information content (AvgIpc) is 2.28. The fraction of sp³-hybridized carbons (Fsp3) is 0.600. The molecular formula is C15H23BrOZn. The van der Waals surface area contributed by atoms with Gasteiger partial charge in [-0.25, -0.2) is 0 Å². The molecule has 18 heavy (non-hydrogen) atoms. The second kappa shape index (κ2) is 7.05. The van der Waals surface area contributed by atoms with Gasteiger partial charge in [0.25, 0.3) is 0 Å². The van der Waals surface area contributed by atoms with Gasteiger partial charge in [0.2, 0.25) is 0 Å². The SMILES string of the molecule is COc1c(C(C)(C)C)c[c-]cc1C(C)(C)C.[Zn+][Br]. The summed E-state index contributed by atoms with van der Waals surface area (Å²) in [5, 5.41) is 0. The van der Waals surface area contributed by atoms with E-state index in [9.17, 15) is 0 Å². The van der Waals surface area contributed by atoms with Gasteiger partial charge in [0.1, 0.15) is 0 Å². The first-order chi connectivity index (χ1) is 8.18. The first-order valence-electron chi connectivity index (χ1n) is 6.03. The maximum absolute atomic E-state index is 5.61. The molecule has 0 saturated carbocycles. The van der Waals surface area contributed by atoms with Gasteiger partial charge in [0.15, 0.2) is 0 Å². The molecule has 98 valence electrons. The molecule has 0 aliphatic rings. The Morgan fingerprint density at radius 3 is 1.50 bits per heavy atom. The summed E-state index contributed by atoms with van der Waals surface area (Å²) >= 11 is 4.25. The number of methoxy groups -OCH3 is 1. The van der Waals surface area contributed by atoms with Crippen molar-refractivity contribution in [1.82, 2.24) is 0 Å². The Hall–Kier alpha value is 0.123. The summed E-state index contributed by atoms with van der Waals surface area (Å²) in [5.74, 6) is 1.01. The number of rotatable bonds is 1. The fourth-order valence-electron chi connectivity index (χ4n) is 1.82. The Morgan fingerprint density at radius 2 is 1.28 bits per heavy atom. The van der Waals surface area contributed by atoms with Crippen molar-refractivity contribution in [2.75, 3.05) is 7.11 Å². The Bertz CT molecular complexity index is 343.